The lowest BCUT2D eigenvalue weighted by atomic mass is 10.3. The normalized spacial score (nSPS) is 16.1. The first-order chi connectivity index (χ1) is 6.34. The van der Waals surface area contributed by atoms with E-state index in [-0.39, 0.29) is 0 Å². The van der Waals surface area contributed by atoms with Crippen LogP contribution in [0.25, 0.3) is 0 Å². The predicted molar refractivity (Wildman–Crippen MR) is 56.6 cm³/mol. The number of terminal acetylenes is 1. The van der Waals surface area contributed by atoms with Crippen LogP contribution in [0.3, 0.4) is 0 Å². The van der Waals surface area contributed by atoms with Gasteiger partial charge in [-0.05, 0) is 32.9 Å². The van der Waals surface area contributed by atoms with Gasteiger partial charge in [0.05, 0.1) is 0 Å². The van der Waals surface area contributed by atoms with E-state index in [4.69, 9.17) is 6.42 Å². The summed E-state index contributed by atoms with van der Waals surface area (Å²) >= 11 is 0. The molecular weight excluding hydrogens is 160 g/mol. The van der Waals surface area contributed by atoms with Gasteiger partial charge in [-0.2, -0.15) is 0 Å². The van der Waals surface area contributed by atoms with Crippen molar-refractivity contribution in [2.75, 3.05) is 26.7 Å². The summed E-state index contributed by atoms with van der Waals surface area (Å²) in [6.07, 6.45) is 9.94. The smallest absolute Gasteiger partial charge is 0.0107 e. The minimum Gasteiger partial charge on any atom is -0.315 e. The molecule has 2 heteroatoms. The molecule has 1 N–H and O–H groups in total. The van der Waals surface area contributed by atoms with Crippen LogP contribution in [0, 0.1) is 12.3 Å². The third-order valence-electron chi connectivity index (χ3n) is 2.49. The molecule has 0 bridgehead atoms. The summed E-state index contributed by atoms with van der Waals surface area (Å²) in [6, 6.07) is 0.882. The maximum Gasteiger partial charge on any atom is 0.0107 e. The van der Waals surface area contributed by atoms with Crippen molar-refractivity contribution >= 4 is 0 Å². The summed E-state index contributed by atoms with van der Waals surface area (Å²) < 4.78 is 0. The summed E-state index contributed by atoms with van der Waals surface area (Å²) in [4.78, 5) is 2.44. The molecule has 0 heterocycles. The van der Waals surface area contributed by atoms with Crippen molar-refractivity contribution in [1.82, 2.24) is 10.2 Å². The molecule has 0 aromatic heterocycles. The van der Waals surface area contributed by atoms with E-state index >= 15 is 0 Å². The fourth-order valence-electron chi connectivity index (χ4n) is 1.39. The highest BCUT2D eigenvalue weighted by Gasteiger charge is 2.25. The Labute approximate surface area is 81.7 Å². The zero-order valence-electron chi connectivity index (χ0n) is 8.55. The number of nitrogens with zero attached hydrogens (tertiary/aromatic N) is 1. The standard InChI is InChI=1S/C11H20N2/c1-3-4-5-8-12-9-10-13(2)11-6-7-11/h1,11-12H,4-10H2,2H3. The summed E-state index contributed by atoms with van der Waals surface area (Å²) in [5, 5.41) is 3.40. The van der Waals surface area contributed by atoms with Crippen molar-refractivity contribution < 1.29 is 0 Å². The average Bonchev–Trinajstić information content (AvgIpc) is 2.93. The molecule has 0 aromatic carbocycles. The van der Waals surface area contributed by atoms with Gasteiger partial charge < -0.3 is 10.2 Å². The van der Waals surface area contributed by atoms with Gasteiger partial charge in [-0.25, -0.2) is 0 Å². The highest BCUT2D eigenvalue weighted by molar-refractivity contribution is 4.84. The first kappa shape index (κ1) is 10.6. The summed E-state index contributed by atoms with van der Waals surface area (Å²) in [7, 11) is 2.21. The molecule has 0 radical (unpaired) electrons. The van der Waals surface area contributed by atoms with Gasteiger partial charge in [0, 0.05) is 25.6 Å². The van der Waals surface area contributed by atoms with E-state index in [9.17, 15) is 0 Å². The van der Waals surface area contributed by atoms with Gasteiger partial charge in [-0.3, -0.25) is 0 Å². The maximum atomic E-state index is 5.15. The zero-order chi connectivity index (χ0) is 9.52. The van der Waals surface area contributed by atoms with Crippen LogP contribution in [-0.4, -0.2) is 37.6 Å². The van der Waals surface area contributed by atoms with Crippen LogP contribution < -0.4 is 5.32 Å². The highest BCUT2D eigenvalue weighted by atomic mass is 15.2. The minimum absolute atomic E-state index is 0.882. The fourth-order valence-corrected chi connectivity index (χ4v) is 1.39. The van der Waals surface area contributed by atoms with Crippen LogP contribution in [0.5, 0.6) is 0 Å². The molecule has 0 amide bonds. The number of rotatable bonds is 7. The quantitative estimate of drug-likeness (QED) is 0.466. The molecule has 1 rings (SSSR count). The van der Waals surface area contributed by atoms with Crippen molar-refractivity contribution in [2.24, 2.45) is 0 Å². The Morgan fingerprint density at radius 1 is 1.46 bits per heavy atom. The van der Waals surface area contributed by atoms with Crippen molar-refractivity contribution in [1.29, 1.82) is 0 Å². The Kier molecular flexibility index (Phi) is 4.88. The third kappa shape index (κ3) is 4.92. The highest BCUT2D eigenvalue weighted by Crippen LogP contribution is 2.24. The van der Waals surface area contributed by atoms with Crippen LogP contribution in [0.2, 0.25) is 0 Å². The van der Waals surface area contributed by atoms with Crippen molar-refractivity contribution in [3.63, 3.8) is 0 Å². The molecule has 1 saturated carbocycles. The van der Waals surface area contributed by atoms with Gasteiger partial charge in [-0.1, -0.05) is 0 Å². The summed E-state index contributed by atoms with van der Waals surface area (Å²) in [6.45, 7) is 3.32. The minimum atomic E-state index is 0.882. The number of hydrogen-bond donors (Lipinski definition) is 1. The van der Waals surface area contributed by atoms with Crippen LogP contribution in [0.1, 0.15) is 25.7 Å². The van der Waals surface area contributed by atoms with Gasteiger partial charge in [0.15, 0.2) is 0 Å². The molecule has 1 aliphatic carbocycles. The lowest BCUT2D eigenvalue weighted by molar-refractivity contribution is 0.322. The lowest BCUT2D eigenvalue weighted by Crippen LogP contribution is -2.31. The van der Waals surface area contributed by atoms with Crippen molar-refractivity contribution in [2.45, 2.75) is 31.7 Å². The Bertz CT molecular complexity index is 167. The number of nitrogens with one attached hydrogen (secondary N) is 1. The molecule has 0 aromatic rings. The van der Waals surface area contributed by atoms with Gasteiger partial charge >= 0.3 is 0 Å². The molecule has 0 spiro atoms. The second kappa shape index (κ2) is 6.01. The molecule has 1 fully saturated rings. The zero-order valence-corrected chi connectivity index (χ0v) is 8.55. The molecular formula is C11H20N2. The van der Waals surface area contributed by atoms with Crippen LogP contribution in [-0.2, 0) is 0 Å². The number of likely N-dealkylation sites (N-methyl/N-ethyl adjacent to an activating group) is 1. The van der Waals surface area contributed by atoms with E-state index in [2.05, 4.69) is 23.2 Å². The Balaban J connectivity index is 1.81. The second-order valence-electron chi connectivity index (χ2n) is 3.77. The van der Waals surface area contributed by atoms with E-state index in [1.165, 1.54) is 19.4 Å². The van der Waals surface area contributed by atoms with E-state index < -0.39 is 0 Å². The van der Waals surface area contributed by atoms with E-state index in [1.807, 2.05) is 0 Å². The largest absolute Gasteiger partial charge is 0.315 e. The molecule has 1 aliphatic rings. The van der Waals surface area contributed by atoms with Gasteiger partial charge in [0.1, 0.15) is 0 Å². The SMILES string of the molecule is C#CCCCNCCN(C)C1CC1. The molecule has 0 saturated heterocycles. The average molecular weight is 180 g/mol. The van der Waals surface area contributed by atoms with Crippen molar-refractivity contribution in [3.8, 4) is 12.3 Å². The monoisotopic (exact) mass is 180 g/mol. The molecule has 0 atom stereocenters. The van der Waals surface area contributed by atoms with Gasteiger partial charge in [0.25, 0.3) is 0 Å². The van der Waals surface area contributed by atoms with Crippen molar-refractivity contribution in [3.05, 3.63) is 0 Å². The first-order valence-corrected chi connectivity index (χ1v) is 5.19. The molecule has 2 nitrogen and oxygen atoms in total. The molecule has 13 heavy (non-hydrogen) atoms. The van der Waals surface area contributed by atoms with E-state index in [1.54, 1.807) is 0 Å². The Hall–Kier alpha value is -0.520. The summed E-state index contributed by atoms with van der Waals surface area (Å²) in [5.74, 6) is 2.65. The van der Waals surface area contributed by atoms with Crippen LogP contribution in [0.15, 0.2) is 0 Å². The summed E-state index contributed by atoms with van der Waals surface area (Å²) in [5.41, 5.74) is 0. The van der Waals surface area contributed by atoms with Gasteiger partial charge in [-0.15, -0.1) is 12.3 Å². The maximum absolute atomic E-state index is 5.15. The molecule has 0 unspecified atom stereocenters. The Morgan fingerprint density at radius 2 is 2.23 bits per heavy atom. The Morgan fingerprint density at radius 3 is 2.85 bits per heavy atom. The topological polar surface area (TPSA) is 15.3 Å². The van der Waals surface area contributed by atoms with E-state index in [0.717, 1.165) is 32.0 Å². The third-order valence-corrected chi connectivity index (χ3v) is 2.49. The van der Waals surface area contributed by atoms with Gasteiger partial charge in [0.2, 0.25) is 0 Å². The lowest BCUT2D eigenvalue weighted by Gasteiger charge is -2.15. The first-order valence-electron chi connectivity index (χ1n) is 5.19. The van der Waals surface area contributed by atoms with Crippen LogP contribution in [0.4, 0.5) is 0 Å². The van der Waals surface area contributed by atoms with Crippen LogP contribution >= 0.6 is 0 Å². The fraction of sp³-hybridized carbons (Fsp3) is 0.818. The number of unbranched alkanes of at least 4 members (excludes halogenated alkanes) is 1. The molecule has 0 aliphatic heterocycles. The number of hydrogen-bond acceptors (Lipinski definition) is 2. The predicted octanol–water partition coefficient (Wildman–Crippen LogP) is 1.08. The molecule has 74 valence electrons. The second-order valence-corrected chi connectivity index (χ2v) is 3.77. The van der Waals surface area contributed by atoms with E-state index in [0.29, 0.717) is 0 Å².